The number of fused-ring (bicyclic) bond motifs is 3. The molecule has 0 saturated heterocycles. The summed E-state index contributed by atoms with van der Waals surface area (Å²) in [5.74, 6) is 0. The Morgan fingerprint density at radius 1 is 0.725 bits per heavy atom. The van der Waals surface area contributed by atoms with Crippen molar-refractivity contribution in [1.29, 1.82) is 0 Å². The minimum atomic E-state index is 0. The van der Waals surface area contributed by atoms with E-state index in [-0.39, 0.29) is 41.1 Å². The van der Waals surface area contributed by atoms with E-state index in [2.05, 4.69) is 96.2 Å². The van der Waals surface area contributed by atoms with Crippen molar-refractivity contribution in [1.82, 2.24) is 0 Å². The van der Waals surface area contributed by atoms with Crippen LogP contribution < -0.4 is 24.8 Å². The molecule has 3 aliphatic rings. The Morgan fingerprint density at radius 3 is 1.45 bits per heavy atom. The van der Waals surface area contributed by atoms with E-state index in [0.717, 1.165) is 6.42 Å². The first-order valence-electron chi connectivity index (χ1n) is 15.0. The van der Waals surface area contributed by atoms with Crippen LogP contribution in [0.1, 0.15) is 110 Å². The van der Waals surface area contributed by atoms with Crippen molar-refractivity contribution in [2.45, 2.75) is 121 Å². The van der Waals surface area contributed by atoms with E-state index >= 15 is 0 Å². The minimum absolute atomic E-state index is 0. The molecule has 0 atom stereocenters. The molecule has 0 heterocycles. The van der Waals surface area contributed by atoms with Gasteiger partial charge in [-0.1, -0.05) is 76.9 Å². The molecule has 6 rings (SSSR count). The van der Waals surface area contributed by atoms with Gasteiger partial charge in [0.2, 0.25) is 0 Å². The fraction of sp³-hybridized carbons (Fsp3) is 0.528. The first-order chi connectivity index (χ1) is 18.0. The van der Waals surface area contributed by atoms with Crippen molar-refractivity contribution in [3.63, 3.8) is 0 Å². The fourth-order valence-corrected chi connectivity index (χ4v) is 13.1. The van der Waals surface area contributed by atoms with Crippen molar-refractivity contribution in [3.8, 4) is 0 Å². The molecule has 0 spiro atoms. The predicted octanol–water partition coefficient (Wildman–Crippen LogP) is 5.03. The van der Waals surface area contributed by atoms with Gasteiger partial charge >= 0.3 is 91.2 Å². The van der Waals surface area contributed by atoms with E-state index < -0.39 is 0 Å². The second-order valence-corrected chi connectivity index (χ2v) is 20.5. The summed E-state index contributed by atoms with van der Waals surface area (Å²) in [6.45, 7) is 13.7. The third kappa shape index (κ3) is 9.49. The van der Waals surface area contributed by atoms with E-state index in [1.807, 2.05) is 35.5 Å². The van der Waals surface area contributed by atoms with Crippen LogP contribution in [0.2, 0.25) is 11.1 Å². The molecule has 2 fully saturated rings. The Bertz CT molecular complexity index is 1190. The van der Waals surface area contributed by atoms with E-state index in [9.17, 15) is 0 Å². The Morgan fingerprint density at radius 2 is 1.15 bits per heavy atom. The number of halogens is 2. The molecule has 40 heavy (non-hydrogen) atoms. The molecule has 0 nitrogen and oxygen atoms in total. The number of hydrogen-bond donors (Lipinski definition) is 0. The number of allylic oxidation sites excluding steroid dienone is 4. The van der Waals surface area contributed by atoms with E-state index in [1.54, 1.807) is 51.4 Å². The van der Waals surface area contributed by atoms with Gasteiger partial charge in [0.05, 0.1) is 0 Å². The molecule has 0 bridgehead atoms. The molecule has 0 aliphatic heterocycles. The van der Waals surface area contributed by atoms with Crippen LogP contribution in [-0.2, 0) is 34.2 Å². The van der Waals surface area contributed by atoms with Gasteiger partial charge in [0.15, 0.2) is 0 Å². The van der Waals surface area contributed by atoms with E-state index in [0.29, 0.717) is 0 Å². The number of benzene rings is 2. The van der Waals surface area contributed by atoms with Crippen LogP contribution >= 0.6 is 0 Å². The molecular formula is C36H48Cl2SiZr-2. The average Bonchev–Trinajstić information content (AvgIpc) is 3.70. The SMILES string of the molecule is CC(C)(C)c1ccc2[cH-]c3ccc(C(C)(C)C)cc3c2c1.[C-]1=CC=CC1.[Cl-].[Cl-].[Zr+2]=[Si](C1CCCC1)C1CCCC1. The zero-order chi connectivity index (χ0) is 27.3. The summed E-state index contributed by atoms with van der Waals surface area (Å²) in [6.07, 6.45) is 22.7. The van der Waals surface area contributed by atoms with Gasteiger partial charge in [-0.05, 0) is 10.8 Å². The standard InChI is InChI=1S/C21H25.C10H18Si.C5H5.2ClH.Zr/c1-20(2,3)16-9-7-14-11-15-8-10-17(21(4,5)6)13-19(15)18(14)12-16;1-2-6-9(5-1)11-10-7-3-4-8-10;1-2-4-5-3-1;;;/h7-13H,1-6H3;9-10H,1-8H2;1-3H,4H2;2*1H;/q-1;;-1;;;+2/p-2. The van der Waals surface area contributed by atoms with Crippen LogP contribution in [0.15, 0.2) is 60.7 Å². The molecule has 0 aromatic heterocycles. The second-order valence-electron chi connectivity index (χ2n) is 13.7. The molecule has 216 valence electrons. The fourth-order valence-electron chi connectivity index (χ4n) is 6.08. The molecule has 3 aromatic carbocycles. The van der Waals surface area contributed by atoms with Gasteiger partial charge in [0.1, 0.15) is 0 Å². The van der Waals surface area contributed by atoms with Crippen molar-refractivity contribution < 1.29 is 48.1 Å². The Labute approximate surface area is 272 Å². The zero-order valence-corrected chi connectivity index (χ0v) is 30.5. The summed E-state index contributed by atoms with van der Waals surface area (Å²) in [5.41, 5.74) is 5.84. The van der Waals surface area contributed by atoms with Gasteiger partial charge < -0.3 is 24.8 Å². The molecule has 0 N–H and O–H groups in total. The van der Waals surface area contributed by atoms with Crippen LogP contribution in [0.4, 0.5) is 0 Å². The second kappa shape index (κ2) is 15.8. The predicted molar refractivity (Wildman–Crippen MR) is 166 cm³/mol. The van der Waals surface area contributed by atoms with Gasteiger partial charge in [-0.15, -0.1) is 46.2 Å². The summed E-state index contributed by atoms with van der Waals surface area (Å²) in [5, 5.41) is 5.49. The van der Waals surface area contributed by atoms with Crippen molar-refractivity contribution in [3.05, 3.63) is 77.9 Å². The van der Waals surface area contributed by atoms with Gasteiger partial charge in [-0.25, -0.2) is 12.2 Å². The molecule has 2 saturated carbocycles. The Balaban J connectivity index is 0.000000248. The van der Waals surface area contributed by atoms with Gasteiger partial charge in [-0.2, -0.15) is 6.08 Å². The molecule has 4 heteroatoms. The third-order valence-electron chi connectivity index (χ3n) is 8.62. The maximum absolute atomic E-state index is 2.99. The maximum atomic E-state index is 2.99. The third-order valence-corrected chi connectivity index (χ3v) is 17.6. The van der Waals surface area contributed by atoms with Crippen LogP contribution in [0, 0.1) is 6.08 Å². The first-order valence-corrected chi connectivity index (χ1v) is 20.3. The van der Waals surface area contributed by atoms with Crippen LogP contribution in [0.25, 0.3) is 21.5 Å². The molecule has 3 aliphatic carbocycles. The van der Waals surface area contributed by atoms with Gasteiger partial charge in [0.25, 0.3) is 0 Å². The molecule has 0 amide bonds. The molecular weight excluding hydrogens is 623 g/mol. The summed E-state index contributed by atoms with van der Waals surface area (Å²) < 4.78 is 0. The summed E-state index contributed by atoms with van der Waals surface area (Å²) in [4.78, 5) is 0. The Hall–Kier alpha value is -0.530. The first kappa shape index (κ1) is 35.7. The molecule has 0 radical (unpaired) electrons. The van der Waals surface area contributed by atoms with Gasteiger partial charge in [0, 0.05) is 0 Å². The average molecular weight is 671 g/mol. The molecule has 3 aromatic rings. The molecule has 0 unspecified atom stereocenters. The van der Waals surface area contributed by atoms with Crippen LogP contribution in [0.3, 0.4) is 0 Å². The zero-order valence-electron chi connectivity index (χ0n) is 25.5. The van der Waals surface area contributed by atoms with Crippen molar-refractivity contribution >= 4 is 27.0 Å². The summed E-state index contributed by atoms with van der Waals surface area (Å²) >= 11 is 1.94. The summed E-state index contributed by atoms with van der Waals surface area (Å²) in [7, 11) is 0. The van der Waals surface area contributed by atoms with Crippen LogP contribution in [-0.4, -0.2) is 5.43 Å². The quantitative estimate of drug-likeness (QED) is 0.265. The van der Waals surface area contributed by atoms with E-state index in [1.165, 1.54) is 43.8 Å². The van der Waals surface area contributed by atoms with E-state index in [4.69, 9.17) is 0 Å². The number of hydrogen-bond acceptors (Lipinski definition) is 0. The van der Waals surface area contributed by atoms with Gasteiger partial charge in [-0.3, -0.25) is 6.08 Å². The number of rotatable bonds is 2. The monoisotopic (exact) mass is 668 g/mol. The summed E-state index contributed by atoms with van der Waals surface area (Å²) in [6, 6.07) is 16.1. The van der Waals surface area contributed by atoms with Crippen molar-refractivity contribution in [2.24, 2.45) is 0 Å². The Kier molecular flexibility index (Phi) is 14.1. The van der Waals surface area contributed by atoms with Crippen molar-refractivity contribution in [2.75, 3.05) is 0 Å². The topological polar surface area (TPSA) is 0 Å². The normalized spacial score (nSPS) is 17.2. The van der Waals surface area contributed by atoms with Crippen LogP contribution in [0.5, 0.6) is 0 Å².